The first-order valence-corrected chi connectivity index (χ1v) is 11.9. The molecule has 0 bridgehead atoms. The third kappa shape index (κ3) is 4.12. The summed E-state index contributed by atoms with van der Waals surface area (Å²) in [5, 5.41) is 0. The van der Waals surface area contributed by atoms with E-state index in [4.69, 9.17) is 0 Å². The van der Waals surface area contributed by atoms with Crippen molar-refractivity contribution in [1.82, 2.24) is 4.31 Å². The fraction of sp³-hybridized carbons (Fsp3) is 0.478. The molecule has 0 saturated heterocycles. The Bertz CT molecular complexity index is 855. The quantitative estimate of drug-likeness (QED) is 0.705. The lowest BCUT2D eigenvalue weighted by molar-refractivity contribution is 0.219. The lowest BCUT2D eigenvalue weighted by atomic mass is 9.83. The lowest BCUT2D eigenvalue weighted by Crippen LogP contribution is -2.35. The van der Waals surface area contributed by atoms with Crippen LogP contribution in [-0.4, -0.2) is 12.7 Å². The summed E-state index contributed by atoms with van der Waals surface area (Å²) in [6, 6.07) is 17.9. The molecule has 2 aromatic carbocycles. The molecule has 1 unspecified atom stereocenters. The molecule has 1 atom stereocenters. The van der Waals surface area contributed by atoms with Crippen LogP contribution in [0.1, 0.15) is 67.7 Å². The van der Waals surface area contributed by atoms with E-state index in [1.165, 1.54) is 43.2 Å². The molecule has 1 fully saturated rings. The zero-order valence-corrected chi connectivity index (χ0v) is 16.7. The average molecular weight is 384 g/mol. The van der Waals surface area contributed by atoms with Gasteiger partial charge in [-0.1, -0.05) is 86.7 Å². The molecular weight excluding hydrogens is 354 g/mol. The second-order valence-electron chi connectivity index (χ2n) is 8.04. The molecule has 144 valence electrons. The van der Waals surface area contributed by atoms with Crippen molar-refractivity contribution in [3.63, 3.8) is 0 Å². The summed E-state index contributed by atoms with van der Waals surface area (Å²) in [4.78, 5) is 0. The highest BCUT2D eigenvalue weighted by molar-refractivity contribution is 7.88. The summed E-state index contributed by atoms with van der Waals surface area (Å²) in [7, 11) is -3.37. The lowest BCUT2D eigenvalue weighted by Gasteiger charge is -2.33. The van der Waals surface area contributed by atoms with Crippen molar-refractivity contribution in [2.75, 3.05) is 0 Å². The van der Waals surface area contributed by atoms with Gasteiger partial charge >= 0.3 is 0 Å². The fourth-order valence-corrected chi connectivity index (χ4v) is 6.57. The predicted molar refractivity (Wildman–Crippen MR) is 110 cm³/mol. The zero-order chi connectivity index (χ0) is 18.7. The maximum Gasteiger partial charge on any atom is 0.219 e. The summed E-state index contributed by atoms with van der Waals surface area (Å²) in [5.74, 6) is 0.518. The van der Waals surface area contributed by atoms with Crippen molar-refractivity contribution in [3.8, 4) is 0 Å². The Morgan fingerprint density at radius 3 is 2.19 bits per heavy atom. The molecule has 0 spiro atoms. The summed E-state index contributed by atoms with van der Waals surface area (Å²) < 4.78 is 28.6. The van der Waals surface area contributed by atoms with Gasteiger partial charge in [-0.15, -0.1) is 0 Å². The first-order valence-electron chi connectivity index (χ1n) is 10.3. The molecular formula is C23H29NO2S. The van der Waals surface area contributed by atoms with E-state index in [9.17, 15) is 8.42 Å². The molecule has 27 heavy (non-hydrogen) atoms. The van der Waals surface area contributed by atoms with Gasteiger partial charge in [0.15, 0.2) is 0 Å². The Kier molecular flexibility index (Phi) is 5.65. The molecule has 0 N–H and O–H groups in total. The Morgan fingerprint density at radius 2 is 1.44 bits per heavy atom. The molecule has 1 heterocycles. The third-order valence-electron chi connectivity index (χ3n) is 6.16. The predicted octanol–water partition coefficient (Wildman–Crippen LogP) is 5.43. The second kappa shape index (κ2) is 8.15. The van der Waals surface area contributed by atoms with Crippen LogP contribution < -0.4 is 0 Å². The molecule has 1 aliphatic carbocycles. The van der Waals surface area contributed by atoms with Crippen molar-refractivity contribution in [3.05, 3.63) is 71.3 Å². The maximum absolute atomic E-state index is 13.4. The van der Waals surface area contributed by atoms with Crippen LogP contribution in [0.4, 0.5) is 0 Å². The van der Waals surface area contributed by atoms with E-state index >= 15 is 0 Å². The van der Waals surface area contributed by atoms with Gasteiger partial charge in [-0.25, -0.2) is 8.42 Å². The third-order valence-corrected chi connectivity index (χ3v) is 7.92. The van der Waals surface area contributed by atoms with Crippen molar-refractivity contribution >= 4 is 10.0 Å². The van der Waals surface area contributed by atoms with Gasteiger partial charge in [0.25, 0.3) is 0 Å². The molecule has 1 aliphatic heterocycles. The van der Waals surface area contributed by atoms with Crippen molar-refractivity contribution in [1.29, 1.82) is 0 Å². The first kappa shape index (κ1) is 18.7. The molecule has 3 nitrogen and oxygen atoms in total. The van der Waals surface area contributed by atoms with E-state index in [0.717, 1.165) is 18.4 Å². The fourth-order valence-electron chi connectivity index (χ4n) is 4.82. The number of hydrogen-bond acceptors (Lipinski definition) is 2. The van der Waals surface area contributed by atoms with E-state index in [-0.39, 0.29) is 11.8 Å². The topological polar surface area (TPSA) is 37.4 Å². The van der Waals surface area contributed by atoms with Crippen molar-refractivity contribution in [2.45, 2.75) is 63.3 Å². The van der Waals surface area contributed by atoms with Crippen LogP contribution in [0.5, 0.6) is 0 Å². The monoisotopic (exact) mass is 383 g/mol. The van der Waals surface area contributed by atoms with Crippen molar-refractivity contribution < 1.29 is 8.42 Å². The minimum atomic E-state index is -3.37. The van der Waals surface area contributed by atoms with E-state index < -0.39 is 10.0 Å². The van der Waals surface area contributed by atoms with E-state index in [1.807, 2.05) is 40.7 Å². The van der Waals surface area contributed by atoms with Gasteiger partial charge in [0.1, 0.15) is 0 Å². The Morgan fingerprint density at radius 1 is 0.815 bits per heavy atom. The zero-order valence-electron chi connectivity index (χ0n) is 15.9. The summed E-state index contributed by atoms with van der Waals surface area (Å²) in [6.45, 7) is 0.520. The number of benzene rings is 2. The van der Waals surface area contributed by atoms with Gasteiger partial charge in [0.05, 0.1) is 11.8 Å². The highest BCUT2D eigenvalue weighted by atomic mass is 32.2. The number of fused-ring (bicyclic) bond motifs is 1. The second-order valence-corrected chi connectivity index (χ2v) is 9.96. The Balaban J connectivity index is 1.66. The summed E-state index contributed by atoms with van der Waals surface area (Å²) in [6.07, 6.45) is 8.59. The minimum Gasteiger partial charge on any atom is -0.212 e. The SMILES string of the molecule is O=S(=O)(Cc1ccccc1)N1Cc2ccccc2C1C1CCCCCCC1. The smallest absolute Gasteiger partial charge is 0.212 e. The van der Waals surface area contributed by atoms with E-state index in [2.05, 4.69) is 18.2 Å². The molecule has 2 aromatic rings. The van der Waals surface area contributed by atoms with Crippen LogP contribution in [-0.2, 0) is 22.3 Å². The number of sulfonamides is 1. The summed E-state index contributed by atoms with van der Waals surface area (Å²) in [5.41, 5.74) is 3.28. The van der Waals surface area contributed by atoms with E-state index in [1.54, 1.807) is 0 Å². The van der Waals surface area contributed by atoms with Gasteiger partial charge in [-0.05, 0) is 35.4 Å². The highest BCUT2D eigenvalue weighted by Gasteiger charge is 2.41. The number of nitrogens with zero attached hydrogens (tertiary/aromatic N) is 1. The van der Waals surface area contributed by atoms with E-state index in [0.29, 0.717) is 12.5 Å². The van der Waals surface area contributed by atoms with Gasteiger partial charge in [0.2, 0.25) is 10.0 Å². The van der Waals surface area contributed by atoms with Crippen LogP contribution >= 0.6 is 0 Å². The van der Waals surface area contributed by atoms with Crippen LogP contribution in [0.15, 0.2) is 54.6 Å². The van der Waals surface area contributed by atoms with Crippen LogP contribution in [0.3, 0.4) is 0 Å². The van der Waals surface area contributed by atoms with Gasteiger partial charge in [-0.2, -0.15) is 4.31 Å². The molecule has 4 heteroatoms. The first-order chi connectivity index (χ1) is 13.1. The Hall–Kier alpha value is -1.65. The van der Waals surface area contributed by atoms with Gasteiger partial charge in [0, 0.05) is 6.54 Å². The maximum atomic E-state index is 13.4. The largest absolute Gasteiger partial charge is 0.219 e. The number of rotatable bonds is 4. The van der Waals surface area contributed by atoms with Crippen LogP contribution in [0.2, 0.25) is 0 Å². The molecule has 4 rings (SSSR count). The molecule has 2 aliphatic rings. The number of hydrogen-bond donors (Lipinski definition) is 0. The molecule has 0 aromatic heterocycles. The van der Waals surface area contributed by atoms with Crippen LogP contribution in [0.25, 0.3) is 0 Å². The standard InChI is InChI=1S/C23H29NO2S/c25-27(26,18-19-11-5-4-6-12-19)24-17-21-15-9-10-16-22(21)23(24)20-13-7-2-1-3-8-14-20/h4-6,9-12,15-16,20,23H,1-3,7-8,13-14,17-18H2. The molecule has 0 radical (unpaired) electrons. The average Bonchev–Trinajstić information content (AvgIpc) is 3.03. The summed E-state index contributed by atoms with van der Waals surface area (Å²) >= 11 is 0. The normalized spacial score (nSPS) is 22.1. The Labute approximate surface area is 163 Å². The van der Waals surface area contributed by atoms with Gasteiger partial charge in [-0.3, -0.25) is 0 Å². The molecule has 0 amide bonds. The minimum absolute atomic E-state index is 0.00742. The van der Waals surface area contributed by atoms with Crippen molar-refractivity contribution in [2.24, 2.45) is 5.92 Å². The highest BCUT2D eigenvalue weighted by Crippen LogP contribution is 2.45. The molecule has 1 saturated carbocycles. The van der Waals surface area contributed by atoms with Gasteiger partial charge < -0.3 is 0 Å². The van der Waals surface area contributed by atoms with Crippen LogP contribution in [0, 0.1) is 5.92 Å².